The maximum atomic E-state index is 13.5. The largest absolute Gasteiger partial charge is 0.402 e. The average molecular weight is 481 g/mol. The first-order valence-corrected chi connectivity index (χ1v) is 11.3. The molecular formula is C26H30F2N6O. The number of benzene rings is 2. The van der Waals surface area contributed by atoms with Crippen molar-refractivity contribution in [2.75, 3.05) is 26.7 Å². The van der Waals surface area contributed by atoms with Gasteiger partial charge in [0.05, 0.1) is 11.4 Å². The number of hydrogen-bond acceptors (Lipinski definition) is 4. The second kappa shape index (κ2) is 12.5. The number of allylic oxidation sites excluding steroid dienone is 1. The third-order valence-electron chi connectivity index (χ3n) is 5.38. The summed E-state index contributed by atoms with van der Waals surface area (Å²) in [6, 6.07) is 14.3. The van der Waals surface area contributed by atoms with Crippen molar-refractivity contribution in [3.8, 4) is 22.5 Å². The lowest BCUT2D eigenvalue weighted by Gasteiger charge is -2.24. The highest BCUT2D eigenvalue weighted by molar-refractivity contribution is 5.93. The molecule has 9 heteroatoms. The van der Waals surface area contributed by atoms with Crippen LogP contribution in [0.3, 0.4) is 0 Å². The summed E-state index contributed by atoms with van der Waals surface area (Å²) < 4.78 is 28.8. The highest BCUT2D eigenvalue weighted by Gasteiger charge is 2.14. The lowest BCUT2D eigenvalue weighted by Crippen LogP contribution is -2.37. The highest BCUT2D eigenvalue weighted by Crippen LogP contribution is 2.27. The van der Waals surface area contributed by atoms with E-state index in [1.165, 1.54) is 24.3 Å². The zero-order valence-corrected chi connectivity index (χ0v) is 19.9. The van der Waals surface area contributed by atoms with Crippen LogP contribution in [0, 0.1) is 11.6 Å². The van der Waals surface area contributed by atoms with Gasteiger partial charge in [0.15, 0.2) is 0 Å². The van der Waals surface area contributed by atoms with Crippen molar-refractivity contribution in [3.63, 3.8) is 0 Å². The summed E-state index contributed by atoms with van der Waals surface area (Å²) in [6.07, 6.45) is 3.18. The van der Waals surface area contributed by atoms with Gasteiger partial charge >= 0.3 is 0 Å². The number of carbonyl (C=O) groups excluding carboxylic acids is 1. The molecule has 1 amide bonds. The summed E-state index contributed by atoms with van der Waals surface area (Å²) in [7, 11) is 1.70. The smallest absolute Gasteiger partial charge is 0.207 e. The predicted octanol–water partition coefficient (Wildman–Crippen LogP) is 3.82. The van der Waals surface area contributed by atoms with Gasteiger partial charge in [0, 0.05) is 50.1 Å². The number of aliphatic imine (C=N–C) groups is 1. The number of amidine groups is 1. The Hall–Kier alpha value is -4.01. The monoisotopic (exact) mass is 480 g/mol. The van der Waals surface area contributed by atoms with Crippen molar-refractivity contribution in [2.45, 2.75) is 19.9 Å². The molecule has 0 aliphatic carbocycles. The van der Waals surface area contributed by atoms with E-state index in [0.29, 0.717) is 44.0 Å². The minimum absolute atomic E-state index is 0.312. The van der Waals surface area contributed by atoms with E-state index in [-0.39, 0.29) is 11.6 Å². The Morgan fingerprint density at radius 3 is 2.29 bits per heavy atom. The molecule has 0 saturated carbocycles. The number of halogens is 2. The Morgan fingerprint density at radius 2 is 1.71 bits per heavy atom. The third-order valence-corrected chi connectivity index (χ3v) is 5.38. The zero-order valence-electron chi connectivity index (χ0n) is 19.9. The van der Waals surface area contributed by atoms with Crippen molar-refractivity contribution in [3.05, 3.63) is 78.0 Å². The molecule has 0 aliphatic heterocycles. The summed E-state index contributed by atoms with van der Waals surface area (Å²) in [5.74, 6) is 0.1000. The van der Waals surface area contributed by atoms with Gasteiger partial charge in [0.25, 0.3) is 0 Å². The zero-order chi connectivity index (χ0) is 25.2. The number of aromatic nitrogens is 2. The minimum Gasteiger partial charge on any atom is -0.402 e. The molecule has 0 unspecified atom stereocenters. The lowest BCUT2D eigenvalue weighted by molar-refractivity contribution is -0.109. The number of nitrogens with one attached hydrogen (secondary N) is 1. The Bertz CT molecular complexity index is 1170. The molecule has 0 radical (unpaired) electrons. The quantitative estimate of drug-likeness (QED) is 0.189. The van der Waals surface area contributed by atoms with Crippen LogP contribution in [0.1, 0.15) is 13.3 Å². The molecule has 1 heterocycles. The Labute approximate surface area is 204 Å². The van der Waals surface area contributed by atoms with Gasteiger partial charge in [-0.15, -0.1) is 0 Å². The summed E-state index contributed by atoms with van der Waals surface area (Å²) in [4.78, 5) is 17.1. The van der Waals surface area contributed by atoms with E-state index < -0.39 is 0 Å². The van der Waals surface area contributed by atoms with E-state index in [4.69, 9.17) is 10.8 Å². The summed E-state index contributed by atoms with van der Waals surface area (Å²) in [6.45, 7) is 4.05. The van der Waals surface area contributed by atoms with Gasteiger partial charge < -0.3 is 16.0 Å². The second-order valence-corrected chi connectivity index (χ2v) is 8.03. The van der Waals surface area contributed by atoms with Gasteiger partial charge in [-0.25, -0.2) is 8.78 Å². The molecule has 3 N–H and O–H groups in total. The molecule has 1 aromatic heterocycles. The first-order chi connectivity index (χ1) is 16.9. The number of nitrogens with two attached hydrogens (primary N) is 1. The SMILES string of the molecule is CN=C(/C=C(\C)N)N(CCCn1nc(-c2ccc(F)cc2)cc1-c1ccc(F)cc1)CCNC=O. The van der Waals surface area contributed by atoms with Crippen molar-refractivity contribution < 1.29 is 13.6 Å². The van der Waals surface area contributed by atoms with E-state index >= 15 is 0 Å². The van der Waals surface area contributed by atoms with Gasteiger partial charge in [0.2, 0.25) is 6.41 Å². The average Bonchev–Trinajstić information content (AvgIpc) is 3.26. The molecular weight excluding hydrogens is 450 g/mol. The molecule has 0 spiro atoms. The van der Waals surface area contributed by atoms with Gasteiger partial charge in [-0.05, 0) is 74.0 Å². The molecule has 35 heavy (non-hydrogen) atoms. The second-order valence-electron chi connectivity index (χ2n) is 8.03. The lowest BCUT2D eigenvalue weighted by atomic mass is 10.1. The van der Waals surface area contributed by atoms with Crippen LogP contribution in [0.2, 0.25) is 0 Å². The van der Waals surface area contributed by atoms with E-state index in [9.17, 15) is 13.6 Å². The number of hydrogen-bond donors (Lipinski definition) is 2. The number of rotatable bonds is 11. The number of carbonyl (C=O) groups is 1. The highest BCUT2D eigenvalue weighted by atomic mass is 19.1. The van der Waals surface area contributed by atoms with E-state index in [0.717, 1.165) is 29.1 Å². The van der Waals surface area contributed by atoms with Crippen LogP contribution in [0.5, 0.6) is 0 Å². The Kier molecular flexibility index (Phi) is 9.11. The van der Waals surface area contributed by atoms with Crippen molar-refractivity contribution in [1.82, 2.24) is 20.0 Å². The third kappa shape index (κ3) is 7.23. The molecule has 3 aromatic rings. The van der Waals surface area contributed by atoms with Crippen LogP contribution in [0.4, 0.5) is 8.78 Å². The molecule has 7 nitrogen and oxygen atoms in total. The molecule has 0 bridgehead atoms. The maximum absolute atomic E-state index is 13.5. The van der Waals surface area contributed by atoms with E-state index in [1.54, 1.807) is 44.3 Å². The Morgan fingerprint density at radius 1 is 1.09 bits per heavy atom. The maximum Gasteiger partial charge on any atom is 0.207 e. The van der Waals surface area contributed by atoms with Crippen LogP contribution >= 0.6 is 0 Å². The van der Waals surface area contributed by atoms with Gasteiger partial charge in [-0.2, -0.15) is 5.10 Å². The fourth-order valence-corrected chi connectivity index (χ4v) is 3.71. The summed E-state index contributed by atoms with van der Waals surface area (Å²) in [5, 5.41) is 7.43. The van der Waals surface area contributed by atoms with Crippen molar-refractivity contribution in [1.29, 1.82) is 0 Å². The predicted molar refractivity (Wildman–Crippen MR) is 135 cm³/mol. The van der Waals surface area contributed by atoms with Crippen molar-refractivity contribution >= 4 is 12.2 Å². The van der Waals surface area contributed by atoms with E-state index in [1.807, 2.05) is 10.7 Å². The molecule has 0 saturated heterocycles. The van der Waals surface area contributed by atoms with Crippen LogP contribution < -0.4 is 11.1 Å². The summed E-state index contributed by atoms with van der Waals surface area (Å²) >= 11 is 0. The molecule has 0 atom stereocenters. The van der Waals surface area contributed by atoms with Gasteiger partial charge in [0.1, 0.15) is 17.5 Å². The van der Waals surface area contributed by atoms with Crippen LogP contribution in [0.15, 0.2) is 71.4 Å². The number of nitrogens with zero attached hydrogens (tertiary/aromatic N) is 4. The van der Waals surface area contributed by atoms with Gasteiger partial charge in [-0.1, -0.05) is 0 Å². The standard InChI is InChI=1S/C26H30F2N6O/c1-19(29)16-26(30-2)33(15-12-31-18-35)13-3-14-34-25(21-6-10-23(28)11-7-21)17-24(32-34)20-4-8-22(27)9-5-20/h4-11,16-18H,3,12-15,29H2,1-2H3,(H,31,35)/b19-16+,30-26?. The molecule has 2 aromatic carbocycles. The fraction of sp³-hybridized carbons (Fsp3) is 0.269. The Balaban J connectivity index is 1.83. The normalized spacial score (nSPS) is 12.0. The molecule has 184 valence electrons. The first kappa shape index (κ1) is 25.6. The number of amides is 1. The minimum atomic E-state index is -0.314. The van der Waals surface area contributed by atoms with Crippen molar-refractivity contribution in [2.24, 2.45) is 10.7 Å². The van der Waals surface area contributed by atoms with Crippen LogP contribution in [0.25, 0.3) is 22.5 Å². The summed E-state index contributed by atoms with van der Waals surface area (Å²) in [5.41, 5.74) is 9.65. The van der Waals surface area contributed by atoms with Crippen LogP contribution in [-0.4, -0.2) is 53.6 Å². The fourth-order valence-electron chi connectivity index (χ4n) is 3.71. The molecule has 0 fully saturated rings. The number of aryl methyl sites for hydroxylation is 1. The van der Waals surface area contributed by atoms with E-state index in [2.05, 4.69) is 15.2 Å². The first-order valence-electron chi connectivity index (χ1n) is 11.3. The molecule has 0 aliphatic rings. The topological polar surface area (TPSA) is 88.5 Å². The van der Waals surface area contributed by atoms with Gasteiger partial charge in [-0.3, -0.25) is 14.5 Å². The van der Waals surface area contributed by atoms with Crippen LogP contribution in [-0.2, 0) is 11.3 Å². The molecule has 3 rings (SSSR count).